The van der Waals surface area contributed by atoms with Gasteiger partial charge in [0, 0.05) is 28.5 Å². The average Bonchev–Trinajstić information content (AvgIpc) is 2.97. The van der Waals surface area contributed by atoms with E-state index in [-0.39, 0.29) is 11.3 Å². The van der Waals surface area contributed by atoms with E-state index in [2.05, 4.69) is 10.3 Å². The molecule has 1 aromatic carbocycles. The molecule has 26 heavy (non-hydrogen) atoms. The van der Waals surface area contributed by atoms with Crippen LogP contribution in [0.4, 0.5) is 28.0 Å². The molecule has 5 nitrogen and oxygen atoms in total. The first-order chi connectivity index (χ1) is 12.2. The van der Waals surface area contributed by atoms with Gasteiger partial charge in [0.1, 0.15) is 18.0 Å². The fourth-order valence-electron chi connectivity index (χ4n) is 2.31. The molecule has 2 aromatic heterocycles. The first-order valence-electron chi connectivity index (χ1n) is 7.27. The van der Waals surface area contributed by atoms with Crippen molar-refractivity contribution < 1.29 is 22.4 Å². The van der Waals surface area contributed by atoms with E-state index in [1.807, 2.05) is 0 Å². The molecular weight excluding hydrogens is 376 g/mol. The quantitative estimate of drug-likeness (QED) is 0.652. The highest BCUT2D eigenvalue weighted by atomic mass is 35.5. The van der Waals surface area contributed by atoms with Crippen LogP contribution in [0.1, 0.15) is 0 Å². The molecule has 0 fully saturated rings. The van der Waals surface area contributed by atoms with Gasteiger partial charge in [0.2, 0.25) is 0 Å². The molecule has 0 radical (unpaired) electrons. The largest absolute Gasteiger partial charge is 0.405 e. The highest BCUT2D eigenvalue weighted by molar-refractivity contribution is 6.30. The van der Waals surface area contributed by atoms with Gasteiger partial charge in [-0.25, -0.2) is 14.2 Å². The predicted octanol–water partition coefficient (Wildman–Crippen LogP) is 4.48. The fraction of sp³-hybridized carbons (Fsp3) is 0.125. The summed E-state index contributed by atoms with van der Waals surface area (Å²) in [6, 6.07) is 5.79. The molecule has 0 spiro atoms. The Bertz CT molecular complexity index is 971. The normalized spacial score (nSPS) is 11.6. The maximum atomic E-state index is 14.2. The zero-order valence-corrected chi connectivity index (χ0v) is 13.7. The number of hydrogen-bond acceptors (Lipinski definition) is 2. The lowest BCUT2D eigenvalue weighted by Gasteiger charge is -2.11. The fourth-order valence-corrected chi connectivity index (χ4v) is 2.46. The zero-order chi connectivity index (χ0) is 18.9. The summed E-state index contributed by atoms with van der Waals surface area (Å²) in [6.45, 7) is -1.47. The maximum Gasteiger partial charge on any atom is 0.405 e. The summed E-state index contributed by atoms with van der Waals surface area (Å²) in [7, 11) is 0. The van der Waals surface area contributed by atoms with Crippen LogP contribution in [0.25, 0.3) is 16.9 Å². The Hall–Kier alpha value is -2.81. The van der Waals surface area contributed by atoms with Crippen LogP contribution in [0.3, 0.4) is 0 Å². The SMILES string of the molecule is O=C(NCC(F)(F)F)Nc1ccc(F)c(-c2cnc3cc(Cl)ccn23)c1. The minimum atomic E-state index is -4.52. The number of amides is 2. The van der Waals surface area contributed by atoms with E-state index in [1.54, 1.807) is 28.0 Å². The Balaban J connectivity index is 1.87. The van der Waals surface area contributed by atoms with E-state index >= 15 is 0 Å². The van der Waals surface area contributed by atoms with Crippen molar-refractivity contribution in [3.63, 3.8) is 0 Å². The van der Waals surface area contributed by atoms with Crippen molar-refractivity contribution in [2.24, 2.45) is 0 Å². The topological polar surface area (TPSA) is 58.4 Å². The number of imidazole rings is 1. The number of nitrogens with one attached hydrogen (secondary N) is 2. The molecule has 0 saturated heterocycles. The lowest BCUT2D eigenvalue weighted by molar-refractivity contribution is -0.122. The Morgan fingerprint density at radius 2 is 2.00 bits per heavy atom. The van der Waals surface area contributed by atoms with Crippen LogP contribution in [0.5, 0.6) is 0 Å². The number of anilines is 1. The molecule has 136 valence electrons. The number of pyridine rings is 1. The van der Waals surface area contributed by atoms with E-state index in [0.717, 1.165) is 6.07 Å². The summed E-state index contributed by atoms with van der Waals surface area (Å²) in [5, 5.41) is 4.37. The number of fused-ring (bicyclic) bond motifs is 1. The number of carbonyl (C=O) groups is 1. The van der Waals surface area contributed by atoms with Crippen LogP contribution in [0.15, 0.2) is 42.7 Å². The van der Waals surface area contributed by atoms with Gasteiger partial charge in [-0.15, -0.1) is 0 Å². The Morgan fingerprint density at radius 3 is 2.73 bits per heavy atom. The van der Waals surface area contributed by atoms with Gasteiger partial charge < -0.3 is 10.6 Å². The minimum Gasteiger partial charge on any atom is -0.329 e. The van der Waals surface area contributed by atoms with E-state index < -0.39 is 24.6 Å². The van der Waals surface area contributed by atoms with Gasteiger partial charge in [-0.1, -0.05) is 11.6 Å². The Morgan fingerprint density at radius 1 is 1.23 bits per heavy atom. The molecule has 0 bridgehead atoms. The van der Waals surface area contributed by atoms with E-state index in [0.29, 0.717) is 16.4 Å². The van der Waals surface area contributed by atoms with Crippen LogP contribution in [-0.4, -0.2) is 28.1 Å². The standard InChI is InChI=1S/C16H11ClF4N4O/c17-9-3-4-25-13(7-22-14(25)5-9)11-6-10(1-2-12(11)18)24-15(26)23-8-16(19,20)21/h1-7H,8H2,(H2,23,24,26). The molecule has 0 saturated carbocycles. The second kappa shape index (κ2) is 6.83. The summed E-state index contributed by atoms with van der Waals surface area (Å²) >= 11 is 5.89. The molecule has 2 heterocycles. The number of halogens is 5. The lowest BCUT2D eigenvalue weighted by atomic mass is 10.1. The number of alkyl halides is 3. The van der Waals surface area contributed by atoms with Gasteiger partial charge in [0.05, 0.1) is 11.9 Å². The predicted molar refractivity (Wildman–Crippen MR) is 88.7 cm³/mol. The second-order valence-corrected chi connectivity index (χ2v) is 5.77. The molecule has 0 aliphatic carbocycles. The number of nitrogens with zero attached hydrogens (tertiary/aromatic N) is 2. The molecule has 0 unspecified atom stereocenters. The molecular formula is C16H11ClF4N4O. The molecule has 2 N–H and O–H groups in total. The number of urea groups is 1. The van der Waals surface area contributed by atoms with Crippen molar-refractivity contribution in [2.45, 2.75) is 6.18 Å². The third-order valence-electron chi connectivity index (χ3n) is 3.42. The summed E-state index contributed by atoms with van der Waals surface area (Å²) in [5.74, 6) is -0.581. The lowest BCUT2D eigenvalue weighted by Crippen LogP contribution is -2.36. The van der Waals surface area contributed by atoms with Crippen LogP contribution >= 0.6 is 11.6 Å². The highest BCUT2D eigenvalue weighted by Gasteiger charge is 2.27. The van der Waals surface area contributed by atoms with Crippen LogP contribution in [0.2, 0.25) is 5.02 Å². The van der Waals surface area contributed by atoms with Gasteiger partial charge in [-0.2, -0.15) is 13.2 Å². The van der Waals surface area contributed by atoms with Gasteiger partial charge in [-0.05, 0) is 24.3 Å². The smallest absolute Gasteiger partial charge is 0.329 e. The monoisotopic (exact) mass is 386 g/mol. The van der Waals surface area contributed by atoms with E-state index in [9.17, 15) is 22.4 Å². The average molecular weight is 387 g/mol. The summed E-state index contributed by atoms with van der Waals surface area (Å²) < 4.78 is 52.2. The van der Waals surface area contributed by atoms with Gasteiger partial charge in [-0.3, -0.25) is 4.40 Å². The zero-order valence-electron chi connectivity index (χ0n) is 12.9. The van der Waals surface area contributed by atoms with Crippen molar-refractivity contribution in [3.8, 4) is 11.3 Å². The van der Waals surface area contributed by atoms with E-state index in [1.165, 1.54) is 18.3 Å². The Labute approximate surface area is 149 Å². The second-order valence-electron chi connectivity index (χ2n) is 5.33. The van der Waals surface area contributed by atoms with Crippen LogP contribution in [-0.2, 0) is 0 Å². The Kier molecular flexibility index (Phi) is 4.73. The molecule has 0 atom stereocenters. The summed E-state index contributed by atoms with van der Waals surface area (Å²) in [5.41, 5.74) is 1.14. The summed E-state index contributed by atoms with van der Waals surface area (Å²) in [4.78, 5) is 15.7. The van der Waals surface area contributed by atoms with Gasteiger partial charge in [0.25, 0.3) is 0 Å². The van der Waals surface area contributed by atoms with Gasteiger partial charge >= 0.3 is 12.2 Å². The van der Waals surface area contributed by atoms with E-state index in [4.69, 9.17) is 11.6 Å². The number of aromatic nitrogens is 2. The van der Waals surface area contributed by atoms with Crippen molar-refractivity contribution in [1.82, 2.24) is 14.7 Å². The van der Waals surface area contributed by atoms with Gasteiger partial charge in [0.15, 0.2) is 0 Å². The number of rotatable bonds is 3. The van der Waals surface area contributed by atoms with Crippen LogP contribution < -0.4 is 10.6 Å². The van der Waals surface area contributed by atoms with Crippen molar-refractivity contribution in [2.75, 3.05) is 11.9 Å². The maximum absolute atomic E-state index is 14.2. The molecule has 3 aromatic rings. The molecule has 0 aliphatic rings. The molecule has 3 rings (SSSR count). The van der Waals surface area contributed by atoms with Crippen molar-refractivity contribution >= 4 is 29.0 Å². The molecule has 10 heteroatoms. The third kappa shape index (κ3) is 4.05. The van der Waals surface area contributed by atoms with Crippen molar-refractivity contribution in [1.29, 1.82) is 0 Å². The van der Waals surface area contributed by atoms with Crippen molar-refractivity contribution in [3.05, 3.63) is 53.6 Å². The highest BCUT2D eigenvalue weighted by Crippen LogP contribution is 2.27. The third-order valence-corrected chi connectivity index (χ3v) is 3.66. The van der Waals surface area contributed by atoms with Crippen LogP contribution in [0, 0.1) is 5.82 Å². The number of carbonyl (C=O) groups excluding carboxylic acids is 1. The first-order valence-corrected chi connectivity index (χ1v) is 7.65. The molecule has 0 aliphatic heterocycles. The summed E-state index contributed by atoms with van der Waals surface area (Å²) in [6.07, 6.45) is -1.49. The number of benzene rings is 1. The molecule has 2 amide bonds. The minimum absolute atomic E-state index is 0.119. The number of hydrogen-bond donors (Lipinski definition) is 2. The first kappa shape index (κ1) is 18.0.